The maximum absolute atomic E-state index is 12.3. The van der Waals surface area contributed by atoms with E-state index < -0.39 is 0 Å². The Hall–Kier alpha value is -1.16. The topological polar surface area (TPSA) is 46.1 Å². The molecule has 92 valence electrons. The number of hydrogen-bond acceptors (Lipinski definition) is 3. The van der Waals surface area contributed by atoms with Gasteiger partial charge in [0.1, 0.15) is 10.8 Å². The van der Waals surface area contributed by atoms with Crippen LogP contribution >= 0.6 is 11.6 Å². The van der Waals surface area contributed by atoms with Crippen molar-refractivity contribution in [1.29, 1.82) is 0 Å². The average molecular weight is 254 g/mol. The van der Waals surface area contributed by atoms with Crippen LogP contribution in [0.5, 0.6) is 0 Å². The van der Waals surface area contributed by atoms with E-state index in [1.54, 1.807) is 0 Å². The Kier molecular flexibility index (Phi) is 3.62. The summed E-state index contributed by atoms with van der Waals surface area (Å²) in [6, 6.07) is 0.513. The van der Waals surface area contributed by atoms with Gasteiger partial charge in [-0.1, -0.05) is 11.6 Å². The number of likely N-dealkylation sites (tertiary alicyclic amines) is 1. The fourth-order valence-corrected chi connectivity index (χ4v) is 2.55. The molecule has 0 aliphatic carbocycles. The molecule has 0 bridgehead atoms. The zero-order valence-electron chi connectivity index (χ0n) is 10.1. The molecule has 2 atom stereocenters. The number of rotatable bonds is 1. The summed E-state index contributed by atoms with van der Waals surface area (Å²) in [6.07, 6.45) is 6.17. The molecule has 1 amide bonds. The summed E-state index contributed by atoms with van der Waals surface area (Å²) in [6.45, 7) is 4.15. The lowest BCUT2D eigenvalue weighted by atomic mass is 9.97. The minimum Gasteiger partial charge on any atom is -0.332 e. The van der Waals surface area contributed by atoms with Gasteiger partial charge in [-0.05, 0) is 33.1 Å². The summed E-state index contributed by atoms with van der Waals surface area (Å²) in [7, 11) is 0. The van der Waals surface area contributed by atoms with Crippen LogP contribution in [0, 0.1) is 0 Å². The van der Waals surface area contributed by atoms with E-state index in [0.717, 1.165) is 12.8 Å². The summed E-state index contributed by atoms with van der Waals surface area (Å²) >= 11 is 5.76. The molecule has 0 aromatic carbocycles. The highest BCUT2D eigenvalue weighted by Gasteiger charge is 2.30. The lowest BCUT2D eigenvalue weighted by Crippen LogP contribution is -2.47. The summed E-state index contributed by atoms with van der Waals surface area (Å²) < 4.78 is 0. The molecule has 1 aliphatic rings. The molecule has 17 heavy (non-hydrogen) atoms. The lowest BCUT2D eigenvalue weighted by Gasteiger charge is -2.38. The molecule has 0 spiro atoms. The third-order valence-electron chi connectivity index (χ3n) is 3.25. The van der Waals surface area contributed by atoms with Gasteiger partial charge >= 0.3 is 0 Å². The zero-order valence-corrected chi connectivity index (χ0v) is 10.8. The number of piperidine rings is 1. The summed E-state index contributed by atoms with van der Waals surface area (Å²) in [4.78, 5) is 22.2. The molecule has 5 heteroatoms. The van der Waals surface area contributed by atoms with Gasteiger partial charge in [-0.15, -0.1) is 0 Å². The fourth-order valence-electron chi connectivity index (χ4n) is 2.40. The number of carbonyl (C=O) groups is 1. The van der Waals surface area contributed by atoms with Gasteiger partial charge in [-0.2, -0.15) is 0 Å². The first-order valence-corrected chi connectivity index (χ1v) is 6.27. The van der Waals surface area contributed by atoms with Crippen molar-refractivity contribution in [2.75, 3.05) is 0 Å². The number of amides is 1. The van der Waals surface area contributed by atoms with E-state index in [1.807, 2.05) is 4.90 Å². The summed E-state index contributed by atoms with van der Waals surface area (Å²) in [5.74, 6) is -0.0697. The average Bonchev–Trinajstić information content (AvgIpc) is 2.28. The third-order valence-corrected chi connectivity index (χ3v) is 3.43. The van der Waals surface area contributed by atoms with E-state index >= 15 is 0 Å². The highest BCUT2D eigenvalue weighted by atomic mass is 35.5. The molecule has 1 fully saturated rings. The number of hydrogen-bond donors (Lipinski definition) is 0. The van der Waals surface area contributed by atoms with E-state index in [0.29, 0.717) is 5.69 Å². The summed E-state index contributed by atoms with van der Waals surface area (Å²) in [5.41, 5.74) is 0.332. The molecule has 0 unspecified atom stereocenters. The quantitative estimate of drug-likeness (QED) is 0.773. The largest absolute Gasteiger partial charge is 0.332 e. The van der Waals surface area contributed by atoms with Gasteiger partial charge in [0, 0.05) is 12.1 Å². The highest BCUT2D eigenvalue weighted by molar-refractivity contribution is 6.29. The van der Waals surface area contributed by atoms with Crippen LogP contribution in [-0.4, -0.2) is 32.9 Å². The molecule has 1 aromatic heterocycles. The Labute approximate surface area is 106 Å². The molecular weight excluding hydrogens is 238 g/mol. The molecule has 1 aromatic rings. The monoisotopic (exact) mass is 253 g/mol. The molecule has 0 radical (unpaired) electrons. The normalized spacial score (nSPS) is 24.8. The standard InChI is InChI=1S/C12H16ClN3O/c1-8-4-3-5-9(2)16(8)12(17)10-6-14-7-11(13)15-10/h6-9H,3-5H2,1-2H3/t8-,9+. The summed E-state index contributed by atoms with van der Waals surface area (Å²) in [5, 5.41) is 0.258. The number of aromatic nitrogens is 2. The van der Waals surface area contributed by atoms with Gasteiger partial charge < -0.3 is 4.90 Å². The smallest absolute Gasteiger partial charge is 0.274 e. The molecule has 0 N–H and O–H groups in total. The van der Waals surface area contributed by atoms with Gasteiger partial charge in [0.15, 0.2) is 0 Å². The fraction of sp³-hybridized carbons (Fsp3) is 0.583. The van der Waals surface area contributed by atoms with Crippen molar-refractivity contribution >= 4 is 17.5 Å². The molecule has 2 rings (SSSR count). The number of halogens is 1. The number of carbonyl (C=O) groups excluding carboxylic acids is 1. The third kappa shape index (κ3) is 2.57. The van der Waals surface area contributed by atoms with Gasteiger partial charge in [0.2, 0.25) is 0 Å². The second-order valence-corrected chi connectivity index (χ2v) is 4.96. The van der Waals surface area contributed by atoms with E-state index in [1.165, 1.54) is 18.8 Å². The lowest BCUT2D eigenvalue weighted by molar-refractivity contribution is 0.0504. The zero-order chi connectivity index (χ0) is 12.4. The first kappa shape index (κ1) is 12.3. The Bertz CT molecular complexity index is 414. The van der Waals surface area contributed by atoms with Gasteiger partial charge in [-0.3, -0.25) is 9.78 Å². The Morgan fingerprint density at radius 1 is 1.35 bits per heavy atom. The van der Waals surface area contributed by atoms with Crippen molar-refractivity contribution in [2.45, 2.75) is 45.2 Å². The molecule has 4 nitrogen and oxygen atoms in total. The number of nitrogens with zero attached hydrogens (tertiary/aromatic N) is 3. The Balaban J connectivity index is 2.24. The van der Waals surface area contributed by atoms with Crippen LogP contribution in [0.1, 0.15) is 43.6 Å². The van der Waals surface area contributed by atoms with Crippen molar-refractivity contribution in [3.05, 3.63) is 23.2 Å². The van der Waals surface area contributed by atoms with Crippen molar-refractivity contribution < 1.29 is 4.79 Å². The van der Waals surface area contributed by atoms with Crippen molar-refractivity contribution in [3.63, 3.8) is 0 Å². The molecule has 0 saturated carbocycles. The second kappa shape index (κ2) is 5.00. The highest BCUT2D eigenvalue weighted by Crippen LogP contribution is 2.24. The molecular formula is C12H16ClN3O. The van der Waals surface area contributed by atoms with E-state index in [2.05, 4.69) is 23.8 Å². The van der Waals surface area contributed by atoms with Gasteiger partial charge in [-0.25, -0.2) is 4.98 Å². The van der Waals surface area contributed by atoms with Crippen molar-refractivity contribution in [1.82, 2.24) is 14.9 Å². The van der Waals surface area contributed by atoms with E-state index in [9.17, 15) is 4.79 Å². The van der Waals surface area contributed by atoms with Crippen molar-refractivity contribution in [2.24, 2.45) is 0 Å². The van der Waals surface area contributed by atoms with Crippen LogP contribution in [0.15, 0.2) is 12.4 Å². The Morgan fingerprint density at radius 3 is 2.59 bits per heavy atom. The molecule has 1 aliphatic heterocycles. The van der Waals surface area contributed by atoms with Crippen LogP contribution < -0.4 is 0 Å². The maximum Gasteiger partial charge on any atom is 0.274 e. The SMILES string of the molecule is C[C@@H]1CCC[C@H](C)N1C(=O)c1cncc(Cl)n1. The predicted molar refractivity (Wildman–Crippen MR) is 66.0 cm³/mol. The van der Waals surface area contributed by atoms with Gasteiger partial charge in [0.25, 0.3) is 5.91 Å². The van der Waals surface area contributed by atoms with Crippen LogP contribution in [0.2, 0.25) is 5.15 Å². The first-order chi connectivity index (χ1) is 8.09. The molecule has 1 saturated heterocycles. The van der Waals surface area contributed by atoms with Crippen LogP contribution in [0.4, 0.5) is 0 Å². The maximum atomic E-state index is 12.3. The second-order valence-electron chi connectivity index (χ2n) is 4.57. The van der Waals surface area contributed by atoms with E-state index in [4.69, 9.17) is 11.6 Å². The van der Waals surface area contributed by atoms with Crippen LogP contribution in [-0.2, 0) is 0 Å². The Morgan fingerprint density at radius 2 is 2.00 bits per heavy atom. The van der Waals surface area contributed by atoms with Gasteiger partial charge in [0.05, 0.1) is 12.4 Å². The van der Waals surface area contributed by atoms with E-state index in [-0.39, 0.29) is 23.1 Å². The minimum absolute atomic E-state index is 0.0697. The van der Waals surface area contributed by atoms with Crippen LogP contribution in [0.25, 0.3) is 0 Å². The van der Waals surface area contributed by atoms with Crippen LogP contribution in [0.3, 0.4) is 0 Å². The van der Waals surface area contributed by atoms with Crippen molar-refractivity contribution in [3.8, 4) is 0 Å². The first-order valence-electron chi connectivity index (χ1n) is 5.90. The predicted octanol–water partition coefficient (Wildman–Crippen LogP) is 2.53. The minimum atomic E-state index is -0.0697. The molecule has 2 heterocycles.